The summed E-state index contributed by atoms with van der Waals surface area (Å²) in [7, 11) is 2.00. The van der Waals surface area contributed by atoms with Gasteiger partial charge in [0.1, 0.15) is 16.7 Å². The van der Waals surface area contributed by atoms with Crippen LogP contribution >= 0.6 is 11.6 Å². The Labute approximate surface area is 212 Å². The number of hydrogen-bond acceptors (Lipinski definition) is 4. The van der Waals surface area contributed by atoms with Gasteiger partial charge in [0.2, 0.25) is 5.91 Å². The SMILES string of the molecule is Cc1onc2c1c(=O)n(C1CCCC(NC(=O)Cc3cn(C)c4ccccc34)C1)c1cccc(Cl)c21. The normalized spacial score (nSPS) is 18.3. The van der Waals surface area contributed by atoms with Crippen LogP contribution in [0.15, 0.2) is 58.0 Å². The maximum atomic E-state index is 13.7. The number of aryl methyl sites for hydroxylation is 2. The van der Waals surface area contributed by atoms with E-state index in [0.29, 0.717) is 34.5 Å². The predicted molar refractivity (Wildman–Crippen MR) is 142 cm³/mol. The maximum absolute atomic E-state index is 13.7. The first-order valence-electron chi connectivity index (χ1n) is 12.3. The van der Waals surface area contributed by atoms with Crippen molar-refractivity contribution in [1.29, 1.82) is 0 Å². The molecule has 1 amide bonds. The quantitative estimate of drug-likeness (QED) is 0.355. The van der Waals surface area contributed by atoms with Gasteiger partial charge in [0, 0.05) is 41.6 Å². The van der Waals surface area contributed by atoms with E-state index in [2.05, 4.69) is 27.2 Å². The molecule has 5 aromatic rings. The van der Waals surface area contributed by atoms with Crippen molar-refractivity contribution < 1.29 is 9.32 Å². The van der Waals surface area contributed by atoms with Crippen molar-refractivity contribution in [1.82, 2.24) is 19.6 Å². The number of pyridine rings is 1. The summed E-state index contributed by atoms with van der Waals surface area (Å²) >= 11 is 6.57. The number of fused-ring (bicyclic) bond motifs is 4. The lowest BCUT2D eigenvalue weighted by atomic mass is 9.90. The number of aromatic nitrogens is 3. The number of carbonyl (C=O) groups is 1. The van der Waals surface area contributed by atoms with Gasteiger partial charge in [-0.2, -0.15) is 0 Å². The van der Waals surface area contributed by atoms with Gasteiger partial charge in [-0.15, -0.1) is 0 Å². The van der Waals surface area contributed by atoms with E-state index in [1.54, 1.807) is 13.0 Å². The summed E-state index contributed by atoms with van der Waals surface area (Å²) in [6.07, 6.45) is 5.69. The van der Waals surface area contributed by atoms with Crippen LogP contribution < -0.4 is 10.9 Å². The molecule has 3 heterocycles. The minimum absolute atomic E-state index is 0.00239. The monoisotopic (exact) mass is 502 g/mol. The molecule has 1 saturated carbocycles. The fourth-order valence-corrected chi connectivity index (χ4v) is 6.14. The first-order chi connectivity index (χ1) is 17.4. The zero-order valence-corrected chi connectivity index (χ0v) is 21.0. The lowest BCUT2D eigenvalue weighted by Gasteiger charge is -2.32. The molecular formula is C28H27ClN4O3. The van der Waals surface area contributed by atoms with Crippen molar-refractivity contribution in [2.45, 2.75) is 51.1 Å². The van der Waals surface area contributed by atoms with Gasteiger partial charge in [-0.3, -0.25) is 9.59 Å². The highest BCUT2D eigenvalue weighted by atomic mass is 35.5. The lowest BCUT2D eigenvalue weighted by Crippen LogP contribution is -2.41. The van der Waals surface area contributed by atoms with Gasteiger partial charge in [-0.05, 0) is 56.4 Å². The van der Waals surface area contributed by atoms with Crippen molar-refractivity contribution >= 4 is 50.2 Å². The van der Waals surface area contributed by atoms with E-state index in [1.807, 2.05) is 42.1 Å². The van der Waals surface area contributed by atoms with Crippen LogP contribution in [-0.2, 0) is 18.3 Å². The number of nitrogens with zero attached hydrogens (tertiary/aromatic N) is 3. The van der Waals surface area contributed by atoms with Gasteiger partial charge in [0.15, 0.2) is 0 Å². The Bertz CT molecular complexity index is 1700. The highest BCUT2D eigenvalue weighted by Crippen LogP contribution is 2.35. The number of rotatable bonds is 4. The second-order valence-electron chi connectivity index (χ2n) is 9.82. The number of hydrogen-bond donors (Lipinski definition) is 1. The van der Waals surface area contributed by atoms with Crippen LogP contribution in [0.25, 0.3) is 32.7 Å². The molecule has 1 aliphatic rings. The predicted octanol–water partition coefficient (Wildman–Crippen LogP) is 5.44. The van der Waals surface area contributed by atoms with Gasteiger partial charge >= 0.3 is 0 Å². The third kappa shape index (κ3) is 3.69. The molecule has 0 saturated heterocycles. The number of amides is 1. The van der Waals surface area contributed by atoms with Crippen LogP contribution in [0.2, 0.25) is 5.02 Å². The molecule has 7 nitrogen and oxygen atoms in total. The zero-order chi connectivity index (χ0) is 25.0. The first-order valence-corrected chi connectivity index (χ1v) is 12.7. The molecule has 2 aromatic carbocycles. The average Bonchev–Trinajstić information content (AvgIpc) is 3.39. The Morgan fingerprint density at radius 2 is 1.94 bits per heavy atom. The summed E-state index contributed by atoms with van der Waals surface area (Å²) in [6.45, 7) is 1.75. The molecule has 1 aliphatic carbocycles. The third-order valence-corrected chi connectivity index (χ3v) is 7.81. The van der Waals surface area contributed by atoms with E-state index in [4.69, 9.17) is 16.1 Å². The van der Waals surface area contributed by atoms with Gasteiger partial charge < -0.3 is 19.0 Å². The fourth-order valence-electron chi connectivity index (χ4n) is 5.88. The summed E-state index contributed by atoms with van der Waals surface area (Å²) in [5, 5.41) is 10.2. The number of carbonyl (C=O) groups excluding carboxylic acids is 1. The lowest BCUT2D eigenvalue weighted by molar-refractivity contribution is -0.121. The van der Waals surface area contributed by atoms with Gasteiger partial charge in [-0.25, -0.2) is 0 Å². The second kappa shape index (κ2) is 8.82. The summed E-state index contributed by atoms with van der Waals surface area (Å²) in [5.74, 6) is 0.490. The van der Waals surface area contributed by atoms with E-state index >= 15 is 0 Å². The van der Waals surface area contributed by atoms with E-state index in [0.717, 1.165) is 46.6 Å². The van der Waals surface area contributed by atoms with Crippen LogP contribution in [0.3, 0.4) is 0 Å². The average molecular weight is 503 g/mol. The molecule has 2 unspecified atom stereocenters. The van der Waals surface area contributed by atoms with Crippen molar-refractivity contribution in [3.63, 3.8) is 0 Å². The standard InChI is InChI=1S/C28H27ClN4O3/c1-16-25-27(31-36-16)26-21(29)10-6-12-23(26)33(28(25)35)19-8-5-7-18(14-19)30-24(34)13-17-15-32(2)22-11-4-3-9-20(17)22/h3-4,6,9-12,15,18-19H,5,7-8,13-14H2,1-2H3,(H,30,34). The molecule has 36 heavy (non-hydrogen) atoms. The summed E-state index contributed by atoms with van der Waals surface area (Å²) in [4.78, 5) is 26.7. The summed E-state index contributed by atoms with van der Waals surface area (Å²) in [6, 6.07) is 13.6. The molecular weight excluding hydrogens is 476 g/mol. The molecule has 0 bridgehead atoms. The molecule has 1 fully saturated rings. The molecule has 0 spiro atoms. The first kappa shape index (κ1) is 22.9. The van der Waals surface area contributed by atoms with Gasteiger partial charge in [0.25, 0.3) is 5.56 Å². The minimum Gasteiger partial charge on any atom is -0.360 e. The summed E-state index contributed by atoms with van der Waals surface area (Å²) < 4.78 is 9.28. The molecule has 6 rings (SSSR count). The minimum atomic E-state index is -0.119. The van der Waals surface area contributed by atoms with Crippen molar-refractivity contribution in [3.05, 3.63) is 75.4 Å². The Kier molecular flexibility index (Phi) is 5.60. The molecule has 0 radical (unpaired) electrons. The maximum Gasteiger partial charge on any atom is 0.264 e. The van der Waals surface area contributed by atoms with Crippen LogP contribution in [0, 0.1) is 6.92 Å². The Morgan fingerprint density at radius 1 is 1.14 bits per heavy atom. The summed E-state index contributed by atoms with van der Waals surface area (Å²) in [5.41, 5.74) is 3.27. The van der Waals surface area contributed by atoms with Gasteiger partial charge in [-0.1, -0.05) is 41.0 Å². The van der Waals surface area contributed by atoms with Gasteiger partial charge in [0.05, 0.1) is 17.0 Å². The van der Waals surface area contributed by atoms with E-state index in [9.17, 15) is 9.59 Å². The molecule has 3 aromatic heterocycles. The molecule has 1 N–H and O–H groups in total. The molecule has 184 valence electrons. The van der Waals surface area contributed by atoms with Crippen LogP contribution in [0.1, 0.15) is 43.0 Å². The van der Waals surface area contributed by atoms with E-state index < -0.39 is 0 Å². The fraction of sp³-hybridized carbons (Fsp3) is 0.321. The van der Waals surface area contributed by atoms with Crippen LogP contribution in [0.5, 0.6) is 0 Å². The molecule has 8 heteroatoms. The third-order valence-electron chi connectivity index (χ3n) is 7.49. The number of benzene rings is 2. The highest BCUT2D eigenvalue weighted by molar-refractivity contribution is 6.37. The van der Waals surface area contributed by atoms with Crippen molar-refractivity contribution in [2.75, 3.05) is 0 Å². The highest BCUT2D eigenvalue weighted by Gasteiger charge is 2.29. The van der Waals surface area contributed by atoms with Crippen LogP contribution in [-0.4, -0.2) is 26.2 Å². The van der Waals surface area contributed by atoms with E-state index in [1.165, 1.54) is 0 Å². The molecule has 0 aliphatic heterocycles. The zero-order valence-electron chi connectivity index (χ0n) is 20.3. The topological polar surface area (TPSA) is 82.1 Å². The molecule has 2 atom stereocenters. The largest absolute Gasteiger partial charge is 0.360 e. The second-order valence-corrected chi connectivity index (χ2v) is 10.2. The Hall–Kier alpha value is -3.58. The number of halogens is 1. The smallest absolute Gasteiger partial charge is 0.264 e. The Balaban J connectivity index is 1.29. The van der Waals surface area contributed by atoms with Crippen molar-refractivity contribution in [2.24, 2.45) is 7.05 Å². The van der Waals surface area contributed by atoms with E-state index in [-0.39, 0.29) is 23.6 Å². The van der Waals surface area contributed by atoms with Crippen LogP contribution in [0.4, 0.5) is 0 Å². The number of para-hydroxylation sites is 1. The Morgan fingerprint density at radius 3 is 2.81 bits per heavy atom. The number of nitrogens with one attached hydrogen (secondary N) is 1. The van der Waals surface area contributed by atoms with Crippen molar-refractivity contribution in [3.8, 4) is 0 Å².